The zero-order valence-electron chi connectivity index (χ0n) is 15.4. The first kappa shape index (κ1) is 17.3. The smallest absolute Gasteiger partial charge is 0.317 e. The number of carbonyl (C=O) groups is 1. The number of hydrogen-bond acceptors (Lipinski definition) is 5. The Balaban J connectivity index is 1.24. The van der Waals surface area contributed by atoms with Gasteiger partial charge in [-0.25, -0.2) is 14.8 Å². The van der Waals surface area contributed by atoms with Crippen molar-refractivity contribution in [3.05, 3.63) is 54.2 Å². The monoisotopic (exact) mass is 365 g/mol. The molecule has 0 unspecified atom stereocenters. The first-order valence-electron chi connectivity index (χ1n) is 9.24. The fraction of sp³-hybridized carbons (Fsp3) is 0.350. The summed E-state index contributed by atoms with van der Waals surface area (Å²) >= 11 is 0. The highest BCUT2D eigenvalue weighted by atomic mass is 16.3. The quantitative estimate of drug-likeness (QED) is 0.769. The third-order valence-corrected chi connectivity index (χ3v) is 4.78. The van der Waals surface area contributed by atoms with Gasteiger partial charge in [-0.2, -0.15) is 0 Å². The fourth-order valence-corrected chi connectivity index (χ4v) is 3.32. The van der Waals surface area contributed by atoms with E-state index in [9.17, 15) is 4.79 Å². The molecule has 7 nitrogen and oxygen atoms in total. The molecule has 3 aromatic rings. The van der Waals surface area contributed by atoms with Gasteiger partial charge in [0, 0.05) is 50.7 Å². The number of furan rings is 1. The van der Waals surface area contributed by atoms with Gasteiger partial charge in [0.15, 0.2) is 0 Å². The molecule has 2 aromatic heterocycles. The Morgan fingerprint density at radius 3 is 2.78 bits per heavy atom. The fourth-order valence-electron chi connectivity index (χ4n) is 3.32. The highest BCUT2D eigenvalue weighted by Crippen LogP contribution is 2.19. The molecule has 0 saturated carbocycles. The number of nitrogens with zero attached hydrogens (tertiary/aromatic N) is 4. The van der Waals surface area contributed by atoms with Gasteiger partial charge in [-0.1, -0.05) is 18.2 Å². The number of urea groups is 1. The van der Waals surface area contributed by atoms with Crippen LogP contribution in [0.1, 0.15) is 11.6 Å². The van der Waals surface area contributed by atoms with Crippen molar-refractivity contribution in [1.82, 2.24) is 20.2 Å². The predicted molar refractivity (Wildman–Crippen MR) is 104 cm³/mol. The summed E-state index contributed by atoms with van der Waals surface area (Å²) in [4.78, 5) is 25.0. The average molecular weight is 365 g/mol. The minimum Gasteiger partial charge on any atom is -0.461 e. The Labute approximate surface area is 158 Å². The summed E-state index contributed by atoms with van der Waals surface area (Å²) in [5.41, 5.74) is 0.884. The van der Waals surface area contributed by atoms with Gasteiger partial charge in [0.1, 0.15) is 23.0 Å². The molecule has 1 saturated heterocycles. The van der Waals surface area contributed by atoms with Crippen LogP contribution >= 0.6 is 0 Å². The van der Waals surface area contributed by atoms with Crippen molar-refractivity contribution in [3.63, 3.8) is 0 Å². The second kappa shape index (κ2) is 7.65. The van der Waals surface area contributed by atoms with Gasteiger partial charge < -0.3 is 19.5 Å². The molecule has 0 aliphatic carbocycles. The van der Waals surface area contributed by atoms with Crippen molar-refractivity contribution in [1.29, 1.82) is 0 Å². The van der Waals surface area contributed by atoms with Crippen LogP contribution in [0.15, 0.2) is 47.0 Å². The summed E-state index contributed by atoms with van der Waals surface area (Å²) in [7, 11) is 0. The number of anilines is 1. The van der Waals surface area contributed by atoms with E-state index in [-0.39, 0.29) is 6.03 Å². The number of hydrogen-bond donors (Lipinski definition) is 1. The van der Waals surface area contributed by atoms with Crippen molar-refractivity contribution < 1.29 is 9.21 Å². The van der Waals surface area contributed by atoms with Crippen LogP contribution in [0.25, 0.3) is 11.0 Å². The van der Waals surface area contributed by atoms with Gasteiger partial charge in [0.25, 0.3) is 0 Å². The lowest BCUT2D eigenvalue weighted by atomic mass is 10.2. The van der Waals surface area contributed by atoms with Gasteiger partial charge >= 0.3 is 6.03 Å². The van der Waals surface area contributed by atoms with Crippen LogP contribution in [0.4, 0.5) is 10.6 Å². The molecular weight excluding hydrogens is 342 g/mol. The molecule has 140 valence electrons. The minimum absolute atomic E-state index is 0.0235. The summed E-state index contributed by atoms with van der Waals surface area (Å²) in [6.07, 6.45) is 2.45. The molecule has 1 aliphatic heterocycles. The van der Waals surface area contributed by atoms with E-state index in [4.69, 9.17) is 4.42 Å². The topological polar surface area (TPSA) is 74.5 Å². The van der Waals surface area contributed by atoms with Gasteiger partial charge in [-0.15, -0.1) is 0 Å². The van der Waals surface area contributed by atoms with Crippen molar-refractivity contribution in [2.24, 2.45) is 0 Å². The Kier molecular flexibility index (Phi) is 4.91. The molecule has 1 aliphatic rings. The standard InChI is InChI=1S/C20H23N5O2/c1-15-21-9-7-19(23-15)24-10-12-25(13-11-24)20(26)22-8-6-17-14-16-4-2-3-5-18(16)27-17/h2-5,7,9,14H,6,8,10-13H2,1H3,(H,22,26). The van der Waals surface area contributed by atoms with E-state index in [0.29, 0.717) is 26.1 Å². The summed E-state index contributed by atoms with van der Waals surface area (Å²) in [6.45, 7) is 5.35. The molecule has 2 amide bonds. The highest BCUT2D eigenvalue weighted by molar-refractivity contribution is 5.77. The third kappa shape index (κ3) is 4.02. The molecule has 1 fully saturated rings. The van der Waals surface area contributed by atoms with Crippen LogP contribution in [0.3, 0.4) is 0 Å². The van der Waals surface area contributed by atoms with E-state index in [1.165, 1.54) is 0 Å². The highest BCUT2D eigenvalue weighted by Gasteiger charge is 2.21. The number of para-hydroxylation sites is 1. The number of nitrogens with one attached hydrogen (secondary N) is 1. The largest absolute Gasteiger partial charge is 0.461 e. The molecule has 7 heteroatoms. The Hall–Kier alpha value is -3.09. The molecule has 0 bridgehead atoms. The van der Waals surface area contributed by atoms with E-state index < -0.39 is 0 Å². The van der Waals surface area contributed by atoms with Crippen LogP contribution in [0, 0.1) is 6.92 Å². The minimum atomic E-state index is -0.0235. The normalized spacial score (nSPS) is 14.6. The number of aryl methyl sites for hydroxylation is 1. The molecular formula is C20H23N5O2. The van der Waals surface area contributed by atoms with Gasteiger partial charge in [-0.05, 0) is 25.1 Å². The van der Waals surface area contributed by atoms with Gasteiger partial charge in [0.05, 0.1) is 0 Å². The maximum atomic E-state index is 12.4. The SMILES string of the molecule is Cc1nccc(N2CCN(C(=O)NCCc3cc4ccccc4o3)CC2)n1. The Morgan fingerprint density at radius 1 is 1.19 bits per heavy atom. The van der Waals surface area contributed by atoms with Crippen molar-refractivity contribution in [2.75, 3.05) is 37.6 Å². The number of amides is 2. The maximum Gasteiger partial charge on any atom is 0.317 e. The van der Waals surface area contributed by atoms with Crippen LogP contribution < -0.4 is 10.2 Å². The van der Waals surface area contributed by atoms with Crippen LogP contribution in [-0.4, -0.2) is 53.6 Å². The first-order chi connectivity index (χ1) is 13.2. The number of fused-ring (bicyclic) bond motifs is 1. The van der Waals surface area contributed by atoms with E-state index in [1.54, 1.807) is 6.20 Å². The number of rotatable bonds is 4. The lowest BCUT2D eigenvalue weighted by Gasteiger charge is -2.35. The van der Waals surface area contributed by atoms with Gasteiger partial charge in [0.2, 0.25) is 0 Å². The number of carbonyl (C=O) groups excluding carboxylic acids is 1. The molecule has 1 N–H and O–H groups in total. The molecule has 0 spiro atoms. The predicted octanol–water partition coefficient (Wildman–Crippen LogP) is 2.61. The van der Waals surface area contributed by atoms with E-state index in [2.05, 4.69) is 20.2 Å². The van der Waals surface area contributed by atoms with Crippen molar-refractivity contribution >= 4 is 22.8 Å². The zero-order chi connectivity index (χ0) is 18.6. The van der Waals surface area contributed by atoms with E-state index in [0.717, 1.165) is 41.5 Å². The maximum absolute atomic E-state index is 12.4. The molecule has 0 atom stereocenters. The first-order valence-corrected chi connectivity index (χ1v) is 9.24. The van der Waals surface area contributed by atoms with Crippen LogP contribution in [0.2, 0.25) is 0 Å². The third-order valence-electron chi connectivity index (χ3n) is 4.78. The number of piperazine rings is 1. The lowest BCUT2D eigenvalue weighted by molar-refractivity contribution is 0.194. The summed E-state index contributed by atoms with van der Waals surface area (Å²) < 4.78 is 5.78. The average Bonchev–Trinajstić information content (AvgIpc) is 3.11. The molecule has 27 heavy (non-hydrogen) atoms. The van der Waals surface area contributed by atoms with Crippen molar-refractivity contribution in [3.8, 4) is 0 Å². The number of aromatic nitrogens is 2. The second-order valence-electron chi connectivity index (χ2n) is 6.67. The Morgan fingerprint density at radius 2 is 2.00 bits per heavy atom. The van der Waals surface area contributed by atoms with E-state index >= 15 is 0 Å². The summed E-state index contributed by atoms with van der Waals surface area (Å²) in [5, 5.41) is 4.08. The Bertz CT molecular complexity index is 898. The molecule has 1 aromatic carbocycles. The number of benzene rings is 1. The zero-order valence-corrected chi connectivity index (χ0v) is 15.4. The molecule has 3 heterocycles. The second-order valence-corrected chi connectivity index (χ2v) is 6.67. The van der Waals surface area contributed by atoms with E-state index in [1.807, 2.05) is 48.2 Å². The summed E-state index contributed by atoms with van der Waals surface area (Å²) in [6, 6.07) is 11.9. The van der Waals surface area contributed by atoms with Crippen LogP contribution in [0.5, 0.6) is 0 Å². The molecule has 0 radical (unpaired) electrons. The summed E-state index contributed by atoms with van der Waals surface area (Å²) in [5.74, 6) is 2.58. The van der Waals surface area contributed by atoms with Gasteiger partial charge in [-0.3, -0.25) is 0 Å². The molecule has 4 rings (SSSR count). The van der Waals surface area contributed by atoms with Crippen molar-refractivity contribution in [2.45, 2.75) is 13.3 Å². The van der Waals surface area contributed by atoms with Crippen LogP contribution in [-0.2, 0) is 6.42 Å². The lowest BCUT2D eigenvalue weighted by Crippen LogP contribution is -2.52.